The number of hydrogen-bond donors (Lipinski definition) is 0. The molecule has 0 fully saturated rings. The maximum atomic E-state index is 5.19. The molecule has 0 unspecified atom stereocenters. The van der Waals surface area contributed by atoms with Gasteiger partial charge in [-0.25, -0.2) is 0 Å². The third kappa shape index (κ3) is 3.11. The molecule has 0 saturated carbocycles. The lowest BCUT2D eigenvalue weighted by atomic mass is 10.0. The van der Waals surface area contributed by atoms with Crippen LogP contribution in [0.15, 0.2) is 83.9 Å². The van der Waals surface area contributed by atoms with Crippen LogP contribution in [0.4, 0.5) is 5.69 Å². The predicted molar refractivity (Wildman–Crippen MR) is 106 cm³/mol. The van der Waals surface area contributed by atoms with E-state index in [1.165, 1.54) is 21.5 Å². The summed E-state index contributed by atoms with van der Waals surface area (Å²) < 4.78 is 5.19. The topological polar surface area (TPSA) is 21.6 Å². The highest BCUT2D eigenvalue weighted by Gasteiger charge is 2.03. The van der Waals surface area contributed by atoms with Crippen molar-refractivity contribution in [1.82, 2.24) is 0 Å². The van der Waals surface area contributed by atoms with Gasteiger partial charge in [0.25, 0.3) is 0 Å². The molecule has 0 heterocycles. The van der Waals surface area contributed by atoms with Gasteiger partial charge in [-0.3, -0.25) is 4.99 Å². The SMILES string of the molecule is COc1ccc(N=C(C)c2ccc3cc4ccccc4cc3c2)cc1. The van der Waals surface area contributed by atoms with Gasteiger partial charge in [0.15, 0.2) is 0 Å². The van der Waals surface area contributed by atoms with Crippen molar-refractivity contribution in [2.24, 2.45) is 4.99 Å². The molecule has 4 rings (SSSR count). The molecular weight excluding hydrogens is 306 g/mol. The molecule has 25 heavy (non-hydrogen) atoms. The monoisotopic (exact) mass is 325 g/mol. The van der Waals surface area contributed by atoms with Crippen LogP contribution < -0.4 is 4.74 Å². The summed E-state index contributed by atoms with van der Waals surface area (Å²) in [5, 5.41) is 5.02. The number of nitrogens with zero attached hydrogens (tertiary/aromatic N) is 1. The highest BCUT2D eigenvalue weighted by atomic mass is 16.5. The average Bonchev–Trinajstić information content (AvgIpc) is 2.66. The maximum Gasteiger partial charge on any atom is 0.119 e. The van der Waals surface area contributed by atoms with Crippen molar-refractivity contribution in [2.75, 3.05) is 7.11 Å². The van der Waals surface area contributed by atoms with E-state index in [0.29, 0.717) is 0 Å². The highest BCUT2D eigenvalue weighted by molar-refractivity contribution is 6.05. The highest BCUT2D eigenvalue weighted by Crippen LogP contribution is 2.25. The largest absolute Gasteiger partial charge is 0.497 e. The number of benzene rings is 4. The molecule has 4 aromatic carbocycles. The Balaban J connectivity index is 1.74. The van der Waals surface area contributed by atoms with Crippen LogP contribution in [0.3, 0.4) is 0 Å². The molecule has 0 spiro atoms. The molecule has 0 N–H and O–H groups in total. The minimum absolute atomic E-state index is 0.842. The molecule has 0 aliphatic carbocycles. The third-order valence-corrected chi connectivity index (χ3v) is 4.49. The van der Waals surface area contributed by atoms with Crippen molar-refractivity contribution in [3.63, 3.8) is 0 Å². The Morgan fingerprint density at radius 1 is 0.720 bits per heavy atom. The van der Waals surface area contributed by atoms with E-state index in [4.69, 9.17) is 9.73 Å². The number of hydrogen-bond acceptors (Lipinski definition) is 2. The molecule has 2 heteroatoms. The first-order valence-electron chi connectivity index (χ1n) is 8.35. The molecular formula is C23H19NO. The minimum Gasteiger partial charge on any atom is -0.497 e. The lowest BCUT2D eigenvalue weighted by molar-refractivity contribution is 0.415. The van der Waals surface area contributed by atoms with Crippen LogP contribution in [-0.4, -0.2) is 12.8 Å². The molecule has 0 atom stereocenters. The molecule has 0 amide bonds. The van der Waals surface area contributed by atoms with Crippen molar-refractivity contribution in [1.29, 1.82) is 0 Å². The Kier molecular flexibility index (Phi) is 3.95. The summed E-state index contributed by atoms with van der Waals surface area (Å²) in [6.45, 7) is 2.05. The summed E-state index contributed by atoms with van der Waals surface area (Å²) in [4.78, 5) is 4.73. The molecule has 2 nitrogen and oxygen atoms in total. The summed E-state index contributed by atoms with van der Waals surface area (Å²) in [6.07, 6.45) is 0. The maximum absolute atomic E-state index is 5.19. The second-order valence-corrected chi connectivity index (χ2v) is 6.16. The van der Waals surface area contributed by atoms with Crippen LogP contribution in [0.5, 0.6) is 5.75 Å². The van der Waals surface area contributed by atoms with Gasteiger partial charge in [0, 0.05) is 5.71 Å². The number of aliphatic imine (C=N–C) groups is 1. The van der Waals surface area contributed by atoms with Crippen LogP contribution in [0.2, 0.25) is 0 Å². The van der Waals surface area contributed by atoms with Crippen molar-refractivity contribution in [3.8, 4) is 5.75 Å². The fourth-order valence-corrected chi connectivity index (χ4v) is 3.08. The van der Waals surface area contributed by atoms with Crippen LogP contribution in [-0.2, 0) is 0 Å². The van der Waals surface area contributed by atoms with Gasteiger partial charge >= 0.3 is 0 Å². The Bertz CT molecular complexity index is 1080. The first-order valence-corrected chi connectivity index (χ1v) is 8.35. The van der Waals surface area contributed by atoms with Crippen molar-refractivity contribution >= 4 is 32.9 Å². The second-order valence-electron chi connectivity index (χ2n) is 6.16. The van der Waals surface area contributed by atoms with E-state index < -0.39 is 0 Å². The van der Waals surface area contributed by atoms with E-state index in [-0.39, 0.29) is 0 Å². The van der Waals surface area contributed by atoms with Gasteiger partial charge in [0.1, 0.15) is 5.75 Å². The van der Waals surface area contributed by atoms with E-state index in [1.54, 1.807) is 7.11 Å². The Labute approximate surface area is 147 Å². The van der Waals surface area contributed by atoms with E-state index in [0.717, 1.165) is 22.7 Å². The molecule has 0 aliphatic heterocycles. The molecule has 122 valence electrons. The summed E-state index contributed by atoms with van der Waals surface area (Å²) in [7, 11) is 1.67. The summed E-state index contributed by atoms with van der Waals surface area (Å²) >= 11 is 0. The minimum atomic E-state index is 0.842. The summed E-state index contributed by atoms with van der Waals surface area (Å²) in [6, 6.07) is 27.3. The number of ether oxygens (including phenoxy) is 1. The molecule has 0 saturated heterocycles. The lowest BCUT2D eigenvalue weighted by Gasteiger charge is -2.06. The quantitative estimate of drug-likeness (QED) is 0.327. The van der Waals surface area contributed by atoms with Gasteiger partial charge in [-0.15, -0.1) is 0 Å². The third-order valence-electron chi connectivity index (χ3n) is 4.49. The fraction of sp³-hybridized carbons (Fsp3) is 0.0870. The molecule has 0 bridgehead atoms. The van der Waals surface area contributed by atoms with Crippen LogP contribution in [0.1, 0.15) is 12.5 Å². The van der Waals surface area contributed by atoms with E-state index in [9.17, 15) is 0 Å². The van der Waals surface area contributed by atoms with Crippen molar-refractivity contribution in [3.05, 3.63) is 84.4 Å². The Hall–Kier alpha value is -3.13. The van der Waals surface area contributed by atoms with Gasteiger partial charge in [-0.05, 0) is 76.5 Å². The smallest absolute Gasteiger partial charge is 0.119 e. The zero-order valence-electron chi connectivity index (χ0n) is 14.4. The molecule has 4 aromatic rings. The molecule has 0 radical (unpaired) electrons. The van der Waals surface area contributed by atoms with E-state index >= 15 is 0 Å². The number of fused-ring (bicyclic) bond motifs is 2. The van der Waals surface area contributed by atoms with Crippen molar-refractivity contribution < 1.29 is 4.74 Å². The zero-order valence-corrected chi connectivity index (χ0v) is 14.4. The Morgan fingerprint density at radius 3 is 2.04 bits per heavy atom. The predicted octanol–water partition coefficient (Wildman–Crippen LogP) is 6.14. The fourth-order valence-electron chi connectivity index (χ4n) is 3.08. The average molecular weight is 325 g/mol. The van der Waals surface area contributed by atoms with Crippen LogP contribution >= 0.6 is 0 Å². The van der Waals surface area contributed by atoms with Gasteiger partial charge in [0.05, 0.1) is 12.8 Å². The lowest BCUT2D eigenvalue weighted by Crippen LogP contribution is -1.94. The number of rotatable bonds is 3. The van der Waals surface area contributed by atoms with E-state index in [1.807, 2.05) is 31.2 Å². The summed E-state index contributed by atoms with van der Waals surface area (Å²) in [5.74, 6) is 0.842. The van der Waals surface area contributed by atoms with Gasteiger partial charge in [-0.1, -0.05) is 36.4 Å². The zero-order chi connectivity index (χ0) is 17.2. The van der Waals surface area contributed by atoms with Gasteiger partial charge < -0.3 is 4.74 Å². The van der Waals surface area contributed by atoms with Crippen molar-refractivity contribution in [2.45, 2.75) is 6.92 Å². The van der Waals surface area contributed by atoms with Gasteiger partial charge in [-0.2, -0.15) is 0 Å². The van der Waals surface area contributed by atoms with E-state index in [2.05, 4.69) is 54.6 Å². The number of methoxy groups -OCH3 is 1. The van der Waals surface area contributed by atoms with Crippen LogP contribution in [0.25, 0.3) is 21.5 Å². The first kappa shape index (κ1) is 15.4. The normalized spacial score (nSPS) is 11.8. The standard InChI is InChI=1S/C23H19NO/c1-16(24-22-9-11-23(25-2)12-10-22)17-7-8-20-14-18-5-3-4-6-19(18)15-21(20)13-17/h3-15H,1-2H3. The summed E-state index contributed by atoms with van der Waals surface area (Å²) in [5.41, 5.74) is 3.07. The van der Waals surface area contributed by atoms with Crippen LogP contribution in [0, 0.1) is 0 Å². The second kappa shape index (κ2) is 6.40. The Morgan fingerprint density at radius 2 is 1.36 bits per heavy atom. The first-order chi connectivity index (χ1) is 12.2. The molecule has 0 aromatic heterocycles. The molecule has 0 aliphatic rings. The van der Waals surface area contributed by atoms with Gasteiger partial charge in [0.2, 0.25) is 0 Å².